The van der Waals surface area contributed by atoms with E-state index >= 15 is 0 Å². The lowest BCUT2D eigenvalue weighted by atomic mass is 10.2. The molecule has 1 aromatic carbocycles. The van der Waals surface area contributed by atoms with E-state index in [2.05, 4.69) is 14.7 Å². The highest BCUT2D eigenvalue weighted by Crippen LogP contribution is 2.25. The van der Waals surface area contributed by atoms with Crippen molar-refractivity contribution < 1.29 is 28.1 Å². The molecule has 1 N–H and O–H groups in total. The molecule has 0 aliphatic carbocycles. The van der Waals surface area contributed by atoms with E-state index < -0.39 is 29.3 Å². The van der Waals surface area contributed by atoms with Crippen molar-refractivity contribution in [2.45, 2.75) is 0 Å². The molecule has 0 fully saturated rings. The van der Waals surface area contributed by atoms with E-state index in [1.165, 1.54) is 12.1 Å². The van der Waals surface area contributed by atoms with E-state index in [1.54, 1.807) is 17.5 Å². The summed E-state index contributed by atoms with van der Waals surface area (Å²) in [6.07, 6.45) is 0. The summed E-state index contributed by atoms with van der Waals surface area (Å²) in [5, 5.41) is 14.9. The lowest BCUT2D eigenvalue weighted by Gasteiger charge is -2.02. The van der Waals surface area contributed by atoms with Crippen LogP contribution in [0.4, 0.5) is 15.4 Å². The van der Waals surface area contributed by atoms with Crippen LogP contribution in [0.5, 0.6) is 0 Å². The number of benzene rings is 1. The highest BCUT2D eigenvalue weighted by molar-refractivity contribution is 7.14. The zero-order valence-electron chi connectivity index (χ0n) is 13.4. The van der Waals surface area contributed by atoms with Gasteiger partial charge in [-0.15, -0.1) is 11.3 Å². The van der Waals surface area contributed by atoms with E-state index in [0.717, 1.165) is 23.5 Å². The summed E-state index contributed by atoms with van der Waals surface area (Å²) in [5.74, 6) is -3.02. The number of hydrogen-bond acceptors (Lipinski definition) is 8. The summed E-state index contributed by atoms with van der Waals surface area (Å²) in [7, 11) is 0. The van der Waals surface area contributed by atoms with E-state index in [1.807, 2.05) is 0 Å². The second-order valence-electron chi connectivity index (χ2n) is 5.06. The maximum atomic E-state index is 12.9. The van der Waals surface area contributed by atoms with Crippen LogP contribution in [0.1, 0.15) is 10.6 Å². The number of nitrogens with zero attached hydrogens (tertiary/aromatic N) is 2. The Morgan fingerprint density at radius 2 is 2.00 bits per heavy atom. The Bertz CT molecular complexity index is 998. The summed E-state index contributed by atoms with van der Waals surface area (Å²) in [5.41, 5.74) is 1.23. The van der Waals surface area contributed by atoms with E-state index in [0.29, 0.717) is 11.3 Å². The summed E-state index contributed by atoms with van der Waals surface area (Å²) >= 11 is 1.14. The average Bonchev–Trinajstić information content (AvgIpc) is 3.30. The number of hydrogen-bond donors (Lipinski definition) is 1. The molecule has 1 amide bonds. The van der Waals surface area contributed by atoms with Crippen LogP contribution < -0.4 is 5.32 Å². The van der Waals surface area contributed by atoms with Gasteiger partial charge >= 0.3 is 11.9 Å². The van der Waals surface area contributed by atoms with Crippen molar-refractivity contribution in [2.75, 3.05) is 11.9 Å². The maximum Gasteiger partial charge on any atom is 0.433 e. The first kappa shape index (κ1) is 18.2. The fourth-order valence-corrected chi connectivity index (χ4v) is 2.71. The Morgan fingerprint density at radius 1 is 1.26 bits per heavy atom. The molecule has 0 spiro atoms. The number of ether oxygens (including phenoxy) is 1. The summed E-state index contributed by atoms with van der Waals surface area (Å²) in [6, 6.07) is 7.79. The maximum absolute atomic E-state index is 12.9. The number of carbonyl (C=O) groups is 2. The SMILES string of the molecule is O=C(COC(=O)c1ccc([N+](=O)[O-])o1)Nc1nc(-c2ccc(F)cc2)cs1. The van der Waals surface area contributed by atoms with Crippen molar-refractivity contribution in [2.24, 2.45) is 0 Å². The summed E-state index contributed by atoms with van der Waals surface area (Å²) in [6.45, 7) is -0.626. The molecule has 0 aliphatic rings. The molecule has 0 atom stereocenters. The van der Waals surface area contributed by atoms with Gasteiger partial charge in [-0.2, -0.15) is 0 Å². The Kier molecular flexibility index (Phi) is 5.22. The number of esters is 1. The predicted octanol–water partition coefficient (Wildman–Crippen LogP) is 3.25. The van der Waals surface area contributed by atoms with Crippen LogP contribution in [-0.4, -0.2) is 28.4 Å². The van der Waals surface area contributed by atoms with E-state index in [9.17, 15) is 24.1 Å². The van der Waals surface area contributed by atoms with Gasteiger partial charge in [0, 0.05) is 10.9 Å². The first-order chi connectivity index (χ1) is 12.9. The fraction of sp³-hybridized carbons (Fsp3) is 0.0625. The molecular weight excluding hydrogens is 381 g/mol. The first-order valence-electron chi connectivity index (χ1n) is 7.35. The number of thiazole rings is 1. The summed E-state index contributed by atoms with van der Waals surface area (Å²) < 4.78 is 22.3. The van der Waals surface area contributed by atoms with Gasteiger partial charge in [0.05, 0.1) is 11.8 Å². The molecule has 0 saturated carbocycles. The molecule has 11 heteroatoms. The van der Waals surface area contributed by atoms with Crippen molar-refractivity contribution in [3.63, 3.8) is 0 Å². The third kappa shape index (κ3) is 4.52. The molecule has 0 saturated heterocycles. The van der Waals surface area contributed by atoms with Crippen molar-refractivity contribution in [1.82, 2.24) is 4.98 Å². The Labute approximate surface area is 154 Å². The lowest BCUT2D eigenvalue weighted by molar-refractivity contribution is -0.402. The molecule has 2 heterocycles. The van der Waals surface area contributed by atoms with E-state index in [4.69, 9.17) is 4.74 Å². The van der Waals surface area contributed by atoms with Crippen molar-refractivity contribution in [3.05, 3.63) is 63.5 Å². The lowest BCUT2D eigenvalue weighted by Crippen LogP contribution is -2.20. The monoisotopic (exact) mass is 391 g/mol. The molecular formula is C16H10FN3O6S. The molecule has 3 aromatic rings. The van der Waals surface area contributed by atoms with Gasteiger partial charge in [-0.25, -0.2) is 14.2 Å². The quantitative estimate of drug-likeness (QED) is 0.388. The molecule has 3 rings (SSSR count). The molecule has 0 bridgehead atoms. The Morgan fingerprint density at radius 3 is 2.67 bits per heavy atom. The van der Waals surface area contributed by atoms with Gasteiger partial charge in [-0.05, 0) is 30.3 Å². The van der Waals surface area contributed by atoms with Crippen molar-refractivity contribution >= 4 is 34.2 Å². The molecule has 138 valence electrons. The van der Waals surface area contributed by atoms with E-state index in [-0.39, 0.29) is 16.7 Å². The topological polar surface area (TPSA) is 125 Å². The fourth-order valence-electron chi connectivity index (χ4n) is 1.98. The van der Waals surface area contributed by atoms with Gasteiger partial charge < -0.3 is 9.15 Å². The second kappa shape index (κ2) is 7.74. The Hall–Kier alpha value is -3.60. The zero-order chi connectivity index (χ0) is 19.4. The standard InChI is InChI=1S/C16H10FN3O6S/c17-10-3-1-9(2-4-10)11-8-27-16(18-11)19-13(21)7-25-15(22)12-5-6-14(26-12)20(23)24/h1-6,8H,7H2,(H,18,19,21). The normalized spacial score (nSPS) is 10.4. The number of rotatable bonds is 6. The third-order valence-corrected chi connectivity index (χ3v) is 3.96. The molecule has 0 aliphatic heterocycles. The van der Waals surface area contributed by atoms with Crippen LogP contribution >= 0.6 is 11.3 Å². The van der Waals surface area contributed by atoms with Crippen LogP contribution in [0.2, 0.25) is 0 Å². The molecule has 27 heavy (non-hydrogen) atoms. The minimum Gasteiger partial charge on any atom is -0.450 e. The number of halogens is 1. The first-order valence-corrected chi connectivity index (χ1v) is 8.23. The average molecular weight is 391 g/mol. The van der Waals surface area contributed by atoms with Gasteiger partial charge in [0.15, 0.2) is 11.7 Å². The van der Waals surface area contributed by atoms with Gasteiger partial charge in [-0.1, -0.05) is 0 Å². The van der Waals surface area contributed by atoms with Gasteiger partial charge in [-0.3, -0.25) is 20.2 Å². The van der Waals surface area contributed by atoms with Crippen LogP contribution in [0.15, 0.2) is 46.2 Å². The largest absolute Gasteiger partial charge is 0.450 e. The highest BCUT2D eigenvalue weighted by atomic mass is 32.1. The van der Waals surface area contributed by atoms with Crippen LogP contribution in [0, 0.1) is 15.9 Å². The molecule has 0 radical (unpaired) electrons. The van der Waals surface area contributed by atoms with Gasteiger partial charge in [0.2, 0.25) is 5.76 Å². The van der Waals surface area contributed by atoms with Crippen molar-refractivity contribution in [3.8, 4) is 11.3 Å². The van der Waals surface area contributed by atoms with Crippen LogP contribution in [0.25, 0.3) is 11.3 Å². The van der Waals surface area contributed by atoms with Gasteiger partial charge in [0.1, 0.15) is 10.7 Å². The number of nitro groups is 1. The number of anilines is 1. The minimum absolute atomic E-state index is 0.268. The molecule has 0 unspecified atom stereocenters. The number of amides is 1. The van der Waals surface area contributed by atoms with Crippen molar-refractivity contribution in [1.29, 1.82) is 0 Å². The number of furan rings is 1. The zero-order valence-corrected chi connectivity index (χ0v) is 14.2. The van der Waals surface area contributed by atoms with Crippen LogP contribution in [-0.2, 0) is 9.53 Å². The van der Waals surface area contributed by atoms with Gasteiger partial charge in [0.25, 0.3) is 5.91 Å². The smallest absolute Gasteiger partial charge is 0.433 e. The summed E-state index contributed by atoms with van der Waals surface area (Å²) in [4.78, 5) is 37.4. The minimum atomic E-state index is -1.01. The number of carbonyl (C=O) groups excluding carboxylic acids is 2. The predicted molar refractivity (Wildman–Crippen MR) is 91.8 cm³/mol. The molecule has 9 nitrogen and oxygen atoms in total. The molecule has 2 aromatic heterocycles. The van der Waals surface area contributed by atoms with Crippen LogP contribution in [0.3, 0.4) is 0 Å². The Balaban J connectivity index is 1.54. The third-order valence-electron chi connectivity index (χ3n) is 3.20. The number of nitrogens with one attached hydrogen (secondary N) is 1. The highest BCUT2D eigenvalue weighted by Gasteiger charge is 2.19. The number of aromatic nitrogens is 1. The second-order valence-corrected chi connectivity index (χ2v) is 5.92.